The van der Waals surface area contributed by atoms with E-state index in [0.29, 0.717) is 35.1 Å². The van der Waals surface area contributed by atoms with Crippen LogP contribution in [0.1, 0.15) is 49.2 Å². The van der Waals surface area contributed by atoms with Crippen molar-refractivity contribution in [3.63, 3.8) is 0 Å². The molecule has 1 atom stereocenters. The van der Waals surface area contributed by atoms with E-state index >= 15 is 0 Å². The van der Waals surface area contributed by atoms with Gasteiger partial charge in [-0.1, -0.05) is 66.6 Å². The summed E-state index contributed by atoms with van der Waals surface area (Å²) in [6.07, 6.45) is 0.160. The third-order valence-corrected chi connectivity index (χ3v) is 4.80. The summed E-state index contributed by atoms with van der Waals surface area (Å²) in [4.78, 5) is 22.8. The molecule has 29 heavy (non-hydrogen) atoms. The van der Waals surface area contributed by atoms with Crippen molar-refractivity contribution < 1.29 is 14.2 Å². The number of aromatic nitrogens is 2. The molecule has 0 saturated heterocycles. The van der Waals surface area contributed by atoms with E-state index in [-0.39, 0.29) is 17.9 Å². The minimum Gasteiger partial charge on any atom is -0.387 e. The SMILES string of the molecule is Cc1cccc(-c2nc(C(C)C)no2)c1NC(=O)C1=NOC(c2ccccc2)C1. The van der Waals surface area contributed by atoms with Crippen molar-refractivity contribution in [2.45, 2.75) is 39.2 Å². The molecule has 2 heterocycles. The first-order valence-corrected chi connectivity index (χ1v) is 9.55. The number of aryl methyl sites for hydroxylation is 1. The van der Waals surface area contributed by atoms with Crippen molar-refractivity contribution in [3.8, 4) is 11.5 Å². The van der Waals surface area contributed by atoms with Gasteiger partial charge in [0.05, 0.1) is 11.3 Å². The molecule has 0 spiro atoms. The predicted octanol–water partition coefficient (Wildman–Crippen LogP) is 4.62. The van der Waals surface area contributed by atoms with Gasteiger partial charge in [-0.25, -0.2) is 0 Å². The molecule has 2 aromatic carbocycles. The van der Waals surface area contributed by atoms with Crippen molar-refractivity contribution in [2.75, 3.05) is 5.32 Å². The zero-order valence-electron chi connectivity index (χ0n) is 16.5. The van der Waals surface area contributed by atoms with Gasteiger partial charge in [-0.15, -0.1) is 0 Å². The van der Waals surface area contributed by atoms with E-state index in [1.165, 1.54) is 0 Å². The minimum atomic E-state index is -0.303. The molecule has 0 bridgehead atoms. The molecule has 0 radical (unpaired) electrons. The van der Waals surface area contributed by atoms with Gasteiger partial charge in [0.2, 0.25) is 0 Å². The fraction of sp³-hybridized carbons (Fsp3) is 0.273. The van der Waals surface area contributed by atoms with Crippen LogP contribution in [0.4, 0.5) is 5.69 Å². The Kier molecular flexibility index (Phi) is 5.12. The smallest absolute Gasteiger partial charge is 0.273 e. The van der Waals surface area contributed by atoms with Gasteiger partial charge >= 0.3 is 0 Å². The molecular formula is C22H22N4O3. The van der Waals surface area contributed by atoms with Gasteiger partial charge in [0.1, 0.15) is 5.71 Å². The Balaban J connectivity index is 1.54. The first-order chi connectivity index (χ1) is 14.0. The average molecular weight is 390 g/mol. The van der Waals surface area contributed by atoms with E-state index in [0.717, 1.165) is 11.1 Å². The van der Waals surface area contributed by atoms with Gasteiger partial charge in [0.25, 0.3) is 11.8 Å². The van der Waals surface area contributed by atoms with Crippen LogP contribution in [0.2, 0.25) is 0 Å². The Bertz CT molecular complexity index is 1060. The lowest BCUT2D eigenvalue weighted by Gasteiger charge is -2.11. The second kappa shape index (κ2) is 7.87. The maximum Gasteiger partial charge on any atom is 0.273 e. The van der Waals surface area contributed by atoms with Gasteiger partial charge in [-0.2, -0.15) is 4.98 Å². The molecule has 0 aliphatic carbocycles. The lowest BCUT2D eigenvalue weighted by Crippen LogP contribution is -2.22. The number of oxime groups is 1. The van der Waals surface area contributed by atoms with Crippen LogP contribution in [0.25, 0.3) is 11.5 Å². The summed E-state index contributed by atoms with van der Waals surface area (Å²) in [6, 6.07) is 15.4. The summed E-state index contributed by atoms with van der Waals surface area (Å²) < 4.78 is 5.42. The quantitative estimate of drug-likeness (QED) is 0.686. The summed E-state index contributed by atoms with van der Waals surface area (Å²) in [7, 11) is 0. The van der Waals surface area contributed by atoms with Gasteiger partial charge in [-0.3, -0.25) is 4.79 Å². The van der Waals surface area contributed by atoms with Gasteiger partial charge in [0.15, 0.2) is 11.9 Å². The van der Waals surface area contributed by atoms with Gasteiger partial charge in [-0.05, 0) is 24.1 Å². The Morgan fingerprint density at radius 2 is 1.93 bits per heavy atom. The molecule has 1 aliphatic rings. The molecule has 0 fully saturated rings. The zero-order valence-corrected chi connectivity index (χ0v) is 16.5. The highest BCUT2D eigenvalue weighted by Gasteiger charge is 2.28. The Morgan fingerprint density at radius 1 is 1.14 bits per heavy atom. The van der Waals surface area contributed by atoms with Crippen LogP contribution in [0, 0.1) is 6.92 Å². The van der Waals surface area contributed by atoms with Crippen LogP contribution in [0.15, 0.2) is 58.2 Å². The number of nitrogens with zero attached hydrogens (tertiary/aromatic N) is 3. The lowest BCUT2D eigenvalue weighted by molar-refractivity contribution is -0.110. The maximum atomic E-state index is 12.9. The molecule has 4 rings (SSSR count). The molecule has 7 heteroatoms. The third-order valence-electron chi connectivity index (χ3n) is 4.80. The fourth-order valence-corrected chi connectivity index (χ4v) is 3.13. The number of benzene rings is 2. The van der Waals surface area contributed by atoms with Crippen LogP contribution in [-0.2, 0) is 9.63 Å². The van der Waals surface area contributed by atoms with Crippen molar-refractivity contribution in [1.29, 1.82) is 0 Å². The average Bonchev–Trinajstić information content (AvgIpc) is 3.40. The van der Waals surface area contributed by atoms with Crippen LogP contribution in [0.3, 0.4) is 0 Å². The van der Waals surface area contributed by atoms with Gasteiger partial charge in [0, 0.05) is 12.3 Å². The number of anilines is 1. The number of hydrogen-bond donors (Lipinski definition) is 1. The van der Waals surface area contributed by atoms with E-state index in [4.69, 9.17) is 9.36 Å². The standard InChI is InChI=1S/C22H22N4O3/c1-13(2)20-24-22(29-26-20)16-11-7-8-14(3)19(16)23-21(27)17-12-18(28-25-17)15-9-5-4-6-10-15/h4-11,13,18H,12H2,1-3H3,(H,23,27). The van der Waals surface area contributed by atoms with E-state index < -0.39 is 0 Å². The normalized spacial score (nSPS) is 15.9. The van der Waals surface area contributed by atoms with Crippen LogP contribution in [0.5, 0.6) is 0 Å². The van der Waals surface area contributed by atoms with E-state index in [9.17, 15) is 4.79 Å². The first-order valence-electron chi connectivity index (χ1n) is 9.55. The lowest BCUT2D eigenvalue weighted by atomic mass is 10.0. The number of carbonyl (C=O) groups excluding carboxylic acids is 1. The van der Waals surface area contributed by atoms with Crippen LogP contribution < -0.4 is 5.32 Å². The molecule has 1 amide bonds. The van der Waals surface area contributed by atoms with Crippen molar-refractivity contribution in [2.24, 2.45) is 5.16 Å². The Labute approximate surface area is 168 Å². The van der Waals surface area contributed by atoms with Crippen molar-refractivity contribution in [3.05, 3.63) is 65.5 Å². The summed E-state index contributed by atoms with van der Waals surface area (Å²) in [5.41, 5.74) is 3.53. The second-order valence-corrected chi connectivity index (χ2v) is 7.31. The Hall–Kier alpha value is -3.48. The van der Waals surface area contributed by atoms with Gasteiger partial charge < -0.3 is 14.7 Å². The molecular weight excluding hydrogens is 368 g/mol. The number of para-hydroxylation sites is 1. The predicted molar refractivity (Wildman–Crippen MR) is 110 cm³/mol. The van der Waals surface area contributed by atoms with E-state index in [2.05, 4.69) is 20.6 Å². The molecule has 7 nitrogen and oxygen atoms in total. The topological polar surface area (TPSA) is 89.6 Å². The Morgan fingerprint density at radius 3 is 2.66 bits per heavy atom. The maximum absolute atomic E-state index is 12.9. The third kappa shape index (κ3) is 3.89. The summed E-state index contributed by atoms with van der Waals surface area (Å²) in [5, 5.41) is 11.0. The monoisotopic (exact) mass is 390 g/mol. The molecule has 0 saturated carbocycles. The minimum absolute atomic E-state index is 0.148. The first kappa shape index (κ1) is 18.9. The highest BCUT2D eigenvalue weighted by molar-refractivity contribution is 6.43. The molecule has 3 aromatic rings. The summed E-state index contributed by atoms with van der Waals surface area (Å²) in [6.45, 7) is 5.91. The van der Waals surface area contributed by atoms with E-state index in [1.54, 1.807) is 0 Å². The van der Waals surface area contributed by atoms with Crippen LogP contribution >= 0.6 is 0 Å². The second-order valence-electron chi connectivity index (χ2n) is 7.31. The molecule has 148 valence electrons. The highest BCUT2D eigenvalue weighted by atomic mass is 16.6. The highest BCUT2D eigenvalue weighted by Crippen LogP contribution is 2.32. The number of rotatable bonds is 5. The summed E-state index contributed by atoms with van der Waals surface area (Å²) in [5.74, 6) is 0.843. The molecule has 1 N–H and O–H groups in total. The van der Waals surface area contributed by atoms with Crippen LogP contribution in [-0.4, -0.2) is 21.8 Å². The number of hydrogen-bond acceptors (Lipinski definition) is 6. The molecule has 1 unspecified atom stereocenters. The molecule has 1 aromatic heterocycles. The fourth-order valence-electron chi connectivity index (χ4n) is 3.13. The zero-order chi connectivity index (χ0) is 20.4. The largest absolute Gasteiger partial charge is 0.387 e. The molecule has 1 aliphatic heterocycles. The van der Waals surface area contributed by atoms with Crippen molar-refractivity contribution in [1.82, 2.24) is 10.1 Å². The number of nitrogens with one attached hydrogen (secondary N) is 1. The summed E-state index contributed by atoms with van der Waals surface area (Å²) >= 11 is 0. The van der Waals surface area contributed by atoms with Crippen molar-refractivity contribution >= 4 is 17.3 Å². The van der Waals surface area contributed by atoms with E-state index in [1.807, 2.05) is 69.3 Å². The number of carbonyl (C=O) groups is 1. The number of amides is 1.